The van der Waals surface area contributed by atoms with E-state index in [9.17, 15) is 12.3 Å². The molecule has 80 valence electrons. The van der Waals surface area contributed by atoms with Crippen LogP contribution < -0.4 is 9.92 Å². The molecule has 0 atom stereocenters. The fourth-order valence-electron chi connectivity index (χ4n) is 1.09. The Morgan fingerprint density at radius 3 is 2.87 bits per heavy atom. The molecule has 0 aliphatic heterocycles. The van der Waals surface area contributed by atoms with Crippen LogP contribution in [0.5, 0.6) is 5.75 Å². The Kier molecular flexibility index (Phi) is 2.24. The van der Waals surface area contributed by atoms with E-state index in [0.717, 1.165) is 11.3 Å². The molecular formula is C7H5FN2O3S2. The number of aromatic nitrogens is 1. The van der Waals surface area contributed by atoms with Gasteiger partial charge in [-0.3, -0.25) is 0 Å². The van der Waals surface area contributed by atoms with Gasteiger partial charge in [-0.25, -0.2) is 4.98 Å². The van der Waals surface area contributed by atoms with E-state index in [1.165, 1.54) is 18.2 Å². The average molecular weight is 248 g/mol. The Morgan fingerprint density at radius 1 is 1.47 bits per heavy atom. The largest absolute Gasteiger partial charge is 0.488 e. The number of halogens is 1. The van der Waals surface area contributed by atoms with Gasteiger partial charge in [-0.2, -0.15) is 8.42 Å². The predicted octanol–water partition coefficient (Wildman–Crippen LogP) is 1.47. The Bertz CT molecular complexity index is 608. The zero-order chi connectivity index (χ0) is 11.1. The Hall–Kier alpha value is -1.41. The molecule has 0 radical (unpaired) electrons. The highest BCUT2D eigenvalue weighted by Crippen LogP contribution is 2.28. The van der Waals surface area contributed by atoms with Gasteiger partial charge in [0.05, 0.1) is 10.2 Å². The molecule has 0 spiro atoms. The Labute approximate surface area is 88.7 Å². The number of hydrogen-bond donors (Lipinski definition) is 1. The summed E-state index contributed by atoms with van der Waals surface area (Å²) in [6.45, 7) is 0. The summed E-state index contributed by atoms with van der Waals surface area (Å²) in [7, 11) is -4.99. The van der Waals surface area contributed by atoms with Gasteiger partial charge in [-0.15, -0.1) is 0 Å². The normalized spacial score (nSPS) is 11.8. The summed E-state index contributed by atoms with van der Waals surface area (Å²) in [6.07, 6.45) is 0. The molecule has 0 aliphatic carbocycles. The summed E-state index contributed by atoms with van der Waals surface area (Å²) in [5, 5.41) is 0.352. The van der Waals surface area contributed by atoms with E-state index in [2.05, 4.69) is 9.17 Å². The third-order valence-electron chi connectivity index (χ3n) is 1.57. The third kappa shape index (κ3) is 2.34. The fraction of sp³-hybridized carbons (Fsp3) is 0. The van der Waals surface area contributed by atoms with Crippen molar-refractivity contribution >= 4 is 37.2 Å². The summed E-state index contributed by atoms with van der Waals surface area (Å²) in [5.74, 6) is -0.103. The van der Waals surface area contributed by atoms with E-state index >= 15 is 0 Å². The highest BCUT2D eigenvalue weighted by Gasteiger charge is 2.10. The number of rotatable bonds is 2. The molecule has 1 aromatic heterocycles. The fourth-order valence-corrected chi connectivity index (χ4v) is 2.19. The Balaban J connectivity index is 2.47. The molecular weight excluding hydrogens is 243 g/mol. The number of fused-ring (bicyclic) bond motifs is 1. The number of nitrogens with two attached hydrogens (primary N) is 1. The van der Waals surface area contributed by atoms with Gasteiger partial charge in [0.15, 0.2) is 5.13 Å². The van der Waals surface area contributed by atoms with Crippen LogP contribution in [0.1, 0.15) is 0 Å². The summed E-state index contributed by atoms with van der Waals surface area (Å²) in [6, 6.07) is 4.17. The highest BCUT2D eigenvalue weighted by molar-refractivity contribution is 7.81. The van der Waals surface area contributed by atoms with Crippen LogP contribution in [0.4, 0.5) is 9.02 Å². The van der Waals surface area contributed by atoms with E-state index in [1.807, 2.05) is 0 Å². The molecule has 2 rings (SSSR count). The van der Waals surface area contributed by atoms with E-state index in [0.29, 0.717) is 15.3 Å². The maximum Gasteiger partial charge on any atom is 0.488 e. The quantitative estimate of drug-likeness (QED) is 0.814. The molecule has 2 N–H and O–H groups in total. The zero-order valence-electron chi connectivity index (χ0n) is 7.18. The van der Waals surface area contributed by atoms with Crippen LogP contribution in [-0.4, -0.2) is 13.4 Å². The molecule has 1 aromatic carbocycles. The molecule has 1 heterocycles. The number of nitrogens with zero attached hydrogens (tertiary/aromatic N) is 1. The van der Waals surface area contributed by atoms with E-state index in [-0.39, 0.29) is 5.75 Å². The molecule has 5 nitrogen and oxygen atoms in total. The van der Waals surface area contributed by atoms with Crippen LogP contribution in [0.15, 0.2) is 18.2 Å². The van der Waals surface area contributed by atoms with Crippen LogP contribution >= 0.6 is 11.3 Å². The molecule has 0 unspecified atom stereocenters. The van der Waals surface area contributed by atoms with Gasteiger partial charge >= 0.3 is 10.5 Å². The maximum absolute atomic E-state index is 12.2. The topological polar surface area (TPSA) is 82.3 Å². The van der Waals surface area contributed by atoms with Gasteiger partial charge < -0.3 is 9.92 Å². The lowest BCUT2D eigenvalue weighted by atomic mass is 10.3. The maximum atomic E-state index is 12.2. The number of anilines is 1. The summed E-state index contributed by atoms with van der Waals surface area (Å²) in [4.78, 5) is 3.95. The van der Waals surface area contributed by atoms with Crippen molar-refractivity contribution in [1.29, 1.82) is 0 Å². The second-order valence-electron chi connectivity index (χ2n) is 2.66. The van der Waals surface area contributed by atoms with Gasteiger partial charge in [0, 0.05) is 6.07 Å². The minimum absolute atomic E-state index is 0.103. The van der Waals surface area contributed by atoms with Gasteiger partial charge in [0.25, 0.3) is 0 Å². The standard InChI is InChI=1S/C7H5FN2O3S2/c8-15(11,12)13-4-1-2-5-6(3-4)14-7(9)10-5/h1-3H,(H2,9,10). The number of benzene rings is 1. The van der Waals surface area contributed by atoms with Crippen molar-refractivity contribution < 1.29 is 16.5 Å². The molecule has 0 bridgehead atoms. The first-order valence-corrected chi connectivity index (χ1v) is 5.87. The smallest absolute Gasteiger partial charge is 0.375 e. The van der Waals surface area contributed by atoms with Gasteiger partial charge in [0.1, 0.15) is 5.75 Å². The van der Waals surface area contributed by atoms with E-state index in [1.54, 1.807) is 0 Å². The lowest BCUT2D eigenvalue weighted by Crippen LogP contribution is -2.00. The molecule has 0 saturated carbocycles. The van der Waals surface area contributed by atoms with E-state index < -0.39 is 10.5 Å². The first-order valence-electron chi connectivity index (χ1n) is 3.74. The predicted molar refractivity (Wildman–Crippen MR) is 54.7 cm³/mol. The summed E-state index contributed by atoms with van der Waals surface area (Å²) < 4.78 is 37.3. The number of hydrogen-bond acceptors (Lipinski definition) is 6. The minimum Gasteiger partial charge on any atom is -0.375 e. The molecule has 0 fully saturated rings. The molecule has 15 heavy (non-hydrogen) atoms. The first-order chi connectivity index (χ1) is 6.94. The van der Waals surface area contributed by atoms with Crippen LogP contribution in [0, 0.1) is 0 Å². The highest BCUT2D eigenvalue weighted by atomic mass is 32.3. The van der Waals surface area contributed by atoms with Gasteiger partial charge in [-0.05, 0) is 12.1 Å². The van der Waals surface area contributed by atoms with Crippen molar-refractivity contribution in [3.63, 3.8) is 0 Å². The second kappa shape index (κ2) is 3.31. The molecule has 0 amide bonds. The summed E-state index contributed by atoms with van der Waals surface area (Å²) in [5.41, 5.74) is 6.05. The second-order valence-corrected chi connectivity index (χ2v) is 4.67. The molecule has 0 saturated heterocycles. The average Bonchev–Trinajstić information content (AvgIpc) is 2.40. The number of thiazole rings is 1. The first kappa shape index (κ1) is 10.1. The SMILES string of the molecule is Nc1nc2ccc(OS(=O)(=O)F)cc2s1. The van der Waals surface area contributed by atoms with Crippen LogP contribution in [0.2, 0.25) is 0 Å². The molecule has 0 aliphatic rings. The van der Waals surface area contributed by atoms with Crippen LogP contribution in [0.3, 0.4) is 0 Å². The van der Waals surface area contributed by atoms with Crippen LogP contribution in [-0.2, 0) is 10.5 Å². The van der Waals surface area contributed by atoms with Crippen molar-refractivity contribution in [2.75, 3.05) is 5.73 Å². The molecule has 8 heteroatoms. The zero-order valence-corrected chi connectivity index (χ0v) is 8.81. The van der Waals surface area contributed by atoms with Gasteiger partial charge in [-0.1, -0.05) is 15.2 Å². The van der Waals surface area contributed by atoms with Crippen molar-refractivity contribution in [3.05, 3.63) is 18.2 Å². The molecule has 2 aromatic rings. The van der Waals surface area contributed by atoms with Crippen molar-refractivity contribution in [1.82, 2.24) is 4.98 Å². The lowest BCUT2D eigenvalue weighted by molar-refractivity contribution is 0.440. The third-order valence-corrected chi connectivity index (χ3v) is 2.81. The summed E-state index contributed by atoms with van der Waals surface area (Å²) >= 11 is 1.16. The van der Waals surface area contributed by atoms with Crippen LogP contribution in [0.25, 0.3) is 10.2 Å². The van der Waals surface area contributed by atoms with Crippen molar-refractivity contribution in [3.8, 4) is 5.75 Å². The number of nitrogen functional groups attached to an aromatic ring is 1. The van der Waals surface area contributed by atoms with Gasteiger partial charge in [0.2, 0.25) is 0 Å². The van der Waals surface area contributed by atoms with Crippen molar-refractivity contribution in [2.24, 2.45) is 0 Å². The van der Waals surface area contributed by atoms with Crippen molar-refractivity contribution in [2.45, 2.75) is 0 Å². The Morgan fingerprint density at radius 2 is 2.20 bits per heavy atom. The minimum atomic E-state index is -4.99. The van der Waals surface area contributed by atoms with E-state index in [4.69, 9.17) is 5.73 Å². The lowest BCUT2D eigenvalue weighted by Gasteiger charge is -1.98. The monoisotopic (exact) mass is 248 g/mol.